The Hall–Kier alpha value is -3.53. The summed E-state index contributed by atoms with van der Waals surface area (Å²) < 4.78 is 0. The van der Waals surface area contributed by atoms with E-state index in [0.29, 0.717) is 5.57 Å². The van der Waals surface area contributed by atoms with Crippen molar-refractivity contribution < 1.29 is 0 Å². The maximum absolute atomic E-state index is 9.12. The lowest BCUT2D eigenvalue weighted by Gasteiger charge is -2.05. The van der Waals surface area contributed by atoms with Crippen LogP contribution in [0.5, 0.6) is 0 Å². The first kappa shape index (κ1) is 13.5. The average Bonchev–Trinajstić information content (AvgIpc) is 3.11. The van der Waals surface area contributed by atoms with Crippen LogP contribution in [0.3, 0.4) is 0 Å². The number of nitrogens with zero attached hydrogens (tertiary/aromatic N) is 5. The van der Waals surface area contributed by atoms with Crippen LogP contribution in [0.2, 0.25) is 0 Å². The zero-order valence-corrected chi connectivity index (χ0v) is 11.4. The molecule has 0 radical (unpaired) electrons. The monoisotopic (exact) mass is 289 g/mol. The van der Waals surface area contributed by atoms with Crippen molar-refractivity contribution in [2.75, 3.05) is 5.32 Å². The number of aromatic amines is 1. The lowest BCUT2D eigenvalue weighted by atomic mass is 10.1. The van der Waals surface area contributed by atoms with E-state index in [0.717, 1.165) is 16.8 Å². The fraction of sp³-hybridized carbons (Fsp3) is 0. The van der Waals surface area contributed by atoms with E-state index in [9.17, 15) is 0 Å². The standard InChI is InChI=1S/C15H11N7/c16-9-13(15-19-21-22-20-15)10-18-14-3-1-2-12(8-14)11-4-6-17-7-5-11/h1-8,10,18H,(H,19,20,21,22). The minimum absolute atomic E-state index is 0.250. The number of hydrogen-bond donors (Lipinski definition) is 2. The van der Waals surface area contributed by atoms with E-state index in [1.807, 2.05) is 42.5 Å². The number of pyridine rings is 1. The van der Waals surface area contributed by atoms with Crippen molar-refractivity contribution in [3.63, 3.8) is 0 Å². The molecule has 1 aromatic carbocycles. The predicted octanol–water partition coefficient (Wildman–Crippen LogP) is 2.24. The van der Waals surface area contributed by atoms with Crippen molar-refractivity contribution in [1.29, 1.82) is 5.26 Å². The highest BCUT2D eigenvalue weighted by atomic mass is 15.5. The number of benzene rings is 1. The Kier molecular flexibility index (Phi) is 3.84. The fourth-order valence-corrected chi connectivity index (χ4v) is 1.91. The molecule has 3 rings (SSSR count). The number of anilines is 1. The molecular formula is C15H11N7. The summed E-state index contributed by atoms with van der Waals surface area (Å²) in [5.41, 5.74) is 3.27. The number of hydrogen-bond acceptors (Lipinski definition) is 6. The lowest BCUT2D eigenvalue weighted by molar-refractivity contribution is 0.881. The molecular weight excluding hydrogens is 278 g/mol. The molecule has 7 nitrogen and oxygen atoms in total. The molecule has 0 saturated heterocycles. The van der Waals surface area contributed by atoms with E-state index < -0.39 is 0 Å². The van der Waals surface area contributed by atoms with E-state index in [1.165, 1.54) is 0 Å². The van der Waals surface area contributed by atoms with Crippen molar-refractivity contribution in [2.45, 2.75) is 0 Å². The first-order chi connectivity index (χ1) is 10.9. The van der Waals surface area contributed by atoms with Gasteiger partial charge in [0.1, 0.15) is 11.6 Å². The average molecular weight is 289 g/mol. The van der Waals surface area contributed by atoms with Crippen LogP contribution in [0, 0.1) is 11.3 Å². The molecule has 0 aliphatic carbocycles. The number of H-pyrrole nitrogens is 1. The molecule has 22 heavy (non-hydrogen) atoms. The maximum Gasteiger partial charge on any atom is 0.216 e. The third kappa shape index (κ3) is 2.96. The molecule has 0 bridgehead atoms. The van der Waals surface area contributed by atoms with Gasteiger partial charge in [0.05, 0.1) is 0 Å². The number of nitrogens with one attached hydrogen (secondary N) is 2. The Morgan fingerprint density at radius 2 is 2.05 bits per heavy atom. The normalized spacial score (nSPS) is 11.0. The van der Waals surface area contributed by atoms with E-state index in [1.54, 1.807) is 18.6 Å². The van der Waals surface area contributed by atoms with Crippen LogP contribution < -0.4 is 5.32 Å². The zero-order chi connectivity index (χ0) is 15.2. The highest BCUT2D eigenvalue weighted by molar-refractivity contribution is 5.75. The third-order valence-corrected chi connectivity index (χ3v) is 2.97. The Labute approximate surface area is 126 Å². The fourth-order valence-electron chi connectivity index (χ4n) is 1.91. The minimum atomic E-state index is 0.250. The summed E-state index contributed by atoms with van der Waals surface area (Å²) in [6.07, 6.45) is 5.05. The Balaban J connectivity index is 1.83. The third-order valence-electron chi connectivity index (χ3n) is 2.97. The van der Waals surface area contributed by atoms with Crippen LogP contribution >= 0.6 is 0 Å². The Morgan fingerprint density at radius 3 is 2.77 bits per heavy atom. The topological polar surface area (TPSA) is 103 Å². The van der Waals surface area contributed by atoms with Gasteiger partial charge in [-0.15, -0.1) is 10.2 Å². The maximum atomic E-state index is 9.12. The smallest absolute Gasteiger partial charge is 0.216 e. The lowest BCUT2D eigenvalue weighted by Crippen LogP contribution is -1.93. The van der Waals surface area contributed by atoms with Crippen molar-refractivity contribution in [2.24, 2.45) is 0 Å². The molecule has 0 amide bonds. The van der Waals surface area contributed by atoms with Crippen molar-refractivity contribution in [1.82, 2.24) is 25.6 Å². The molecule has 0 aliphatic heterocycles. The molecule has 3 aromatic rings. The molecule has 0 spiro atoms. The van der Waals surface area contributed by atoms with Crippen LogP contribution in [0.1, 0.15) is 5.82 Å². The van der Waals surface area contributed by atoms with Crippen molar-refractivity contribution in [3.05, 3.63) is 60.8 Å². The molecule has 2 N–H and O–H groups in total. The van der Waals surface area contributed by atoms with Crippen molar-refractivity contribution >= 4 is 11.3 Å². The highest BCUT2D eigenvalue weighted by Crippen LogP contribution is 2.22. The molecule has 0 fully saturated rings. The summed E-state index contributed by atoms with van der Waals surface area (Å²) in [4.78, 5) is 4.01. The second-order valence-electron chi connectivity index (χ2n) is 4.37. The summed E-state index contributed by atoms with van der Waals surface area (Å²) in [5.74, 6) is 0.250. The van der Waals surface area contributed by atoms with Crippen LogP contribution in [0.4, 0.5) is 5.69 Å². The first-order valence-electron chi connectivity index (χ1n) is 6.48. The van der Waals surface area contributed by atoms with Gasteiger partial charge in [-0.05, 0) is 40.6 Å². The molecule has 7 heteroatoms. The number of nitriles is 1. The summed E-state index contributed by atoms with van der Waals surface area (Å²) in [6, 6.07) is 13.7. The van der Waals surface area contributed by atoms with Gasteiger partial charge in [0.2, 0.25) is 5.82 Å². The van der Waals surface area contributed by atoms with E-state index in [2.05, 4.69) is 30.9 Å². The molecule has 0 aliphatic rings. The number of aromatic nitrogens is 5. The van der Waals surface area contributed by atoms with Gasteiger partial charge in [-0.2, -0.15) is 10.5 Å². The van der Waals surface area contributed by atoms with Gasteiger partial charge in [-0.3, -0.25) is 4.98 Å². The summed E-state index contributed by atoms with van der Waals surface area (Å²) in [6.45, 7) is 0. The highest BCUT2D eigenvalue weighted by Gasteiger charge is 2.05. The predicted molar refractivity (Wildman–Crippen MR) is 81.1 cm³/mol. The van der Waals surface area contributed by atoms with Gasteiger partial charge in [-0.25, -0.2) is 0 Å². The van der Waals surface area contributed by atoms with Crippen molar-refractivity contribution in [3.8, 4) is 17.2 Å². The largest absolute Gasteiger partial charge is 0.360 e. The van der Waals surface area contributed by atoms with E-state index in [4.69, 9.17) is 5.26 Å². The summed E-state index contributed by atoms with van der Waals surface area (Å²) in [7, 11) is 0. The zero-order valence-electron chi connectivity index (χ0n) is 11.4. The number of tetrazole rings is 1. The first-order valence-corrected chi connectivity index (χ1v) is 6.48. The number of rotatable bonds is 4. The van der Waals surface area contributed by atoms with Gasteiger partial charge in [0.25, 0.3) is 0 Å². The summed E-state index contributed by atoms with van der Waals surface area (Å²) >= 11 is 0. The second kappa shape index (κ2) is 6.28. The SMILES string of the molecule is N#CC(=CNc1cccc(-c2ccncc2)c1)c1nn[nH]n1. The quantitative estimate of drug-likeness (QED) is 0.714. The molecule has 106 valence electrons. The molecule has 0 atom stereocenters. The minimum Gasteiger partial charge on any atom is -0.360 e. The second-order valence-corrected chi connectivity index (χ2v) is 4.37. The Bertz CT molecular complexity index is 817. The molecule has 2 aromatic heterocycles. The van der Waals surface area contributed by atoms with Gasteiger partial charge in [-0.1, -0.05) is 12.1 Å². The molecule has 2 heterocycles. The molecule has 0 saturated carbocycles. The van der Waals surface area contributed by atoms with Crippen LogP contribution in [-0.2, 0) is 0 Å². The number of allylic oxidation sites excluding steroid dienone is 1. The van der Waals surface area contributed by atoms with Crippen LogP contribution in [0.25, 0.3) is 16.7 Å². The Morgan fingerprint density at radius 1 is 1.18 bits per heavy atom. The van der Waals surface area contributed by atoms with Gasteiger partial charge in [0.15, 0.2) is 0 Å². The van der Waals surface area contributed by atoms with Crippen LogP contribution in [-0.4, -0.2) is 25.6 Å². The summed E-state index contributed by atoms with van der Waals surface area (Å²) in [5, 5.41) is 25.5. The van der Waals surface area contributed by atoms with E-state index >= 15 is 0 Å². The van der Waals surface area contributed by atoms with Gasteiger partial charge < -0.3 is 5.32 Å². The van der Waals surface area contributed by atoms with Gasteiger partial charge >= 0.3 is 0 Å². The van der Waals surface area contributed by atoms with Crippen LogP contribution in [0.15, 0.2) is 55.0 Å². The van der Waals surface area contributed by atoms with Gasteiger partial charge in [0, 0.05) is 24.3 Å². The molecule has 0 unspecified atom stereocenters. The van der Waals surface area contributed by atoms with E-state index in [-0.39, 0.29) is 5.82 Å².